The molecule has 30 heavy (non-hydrogen) atoms. The van der Waals surface area contributed by atoms with Gasteiger partial charge in [0.25, 0.3) is 0 Å². The number of aromatic nitrogens is 1. The molecule has 158 valence electrons. The number of benzene rings is 2. The molecule has 0 fully saturated rings. The normalized spacial score (nSPS) is 12.7. The number of hydrogen-bond acceptors (Lipinski definition) is 6. The molecule has 2 heterocycles. The zero-order valence-electron chi connectivity index (χ0n) is 17.7. The minimum atomic E-state index is 0.0387. The van der Waals surface area contributed by atoms with Crippen LogP contribution in [0.3, 0.4) is 0 Å². The number of likely N-dealkylation sites (N-methyl/N-ethyl adjacent to an activating group) is 1. The van der Waals surface area contributed by atoms with Gasteiger partial charge in [0, 0.05) is 13.1 Å². The molecule has 1 aliphatic heterocycles. The summed E-state index contributed by atoms with van der Waals surface area (Å²) in [6, 6.07) is 11.9. The topological polar surface area (TPSA) is 54.9 Å². The molecule has 0 spiro atoms. The monoisotopic (exact) mass is 425 g/mol. The Hall–Kier alpha value is -2.64. The summed E-state index contributed by atoms with van der Waals surface area (Å²) in [5.74, 6) is 1.47. The second kappa shape index (κ2) is 9.02. The second-order valence-electron chi connectivity index (χ2n) is 7.40. The van der Waals surface area contributed by atoms with Gasteiger partial charge in [-0.2, -0.15) is 0 Å². The van der Waals surface area contributed by atoms with Crippen LogP contribution < -0.4 is 14.4 Å². The molecule has 1 aliphatic rings. The molecule has 0 aliphatic carbocycles. The Balaban J connectivity index is 1.59. The van der Waals surface area contributed by atoms with Crippen LogP contribution in [0.25, 0.3) is 10.2 Å². The van der Waals surface area contributed by atoms with Crippen molar-refractivity contribution in [3.05, 3.63) is 47.5 Å². The van der Waals surface area contributed by atoms with Crippen LogP contribution >= 0.6 is 11.3 Å². The smallest absolute Gasteiger partial charge is 0.233 e. The number of carbonyl (C=O) groups is 1. The van der Waals surface area contributed by atoms with Crippen LogP contribution in [0.4, 0.5) is 5.13 Å². The van der Waals surface area contributed by atoms with Crippen molar-refractivity contribution in [2.75, 3.05) is 37.9 Å². The van der Waals surface area contributed by atoms with Crippen molar-refractivity contribution in [2.45, 2.75) is 27.2 Å². The van der Waals surface area contributed by atoms with E-state index in [4.69, 9.17) is 14.5 Å². The lowest BCUT2D eigenvalue weighted by Gasteiger charge is -2.24. The van der Waals surface area contributed by atoms with Gasteiger partial charge in [-0.25, -0.2) is 4.98 Å². The van der Waals surface area contributed by atoms with Gasteiger partial charge in [-0.1, -0.05) is 37.3 Å². The summed E-state index contributed by atoms with van der Waals surface area (Å²) in [5.41, 5.74) is 3.04. The van der Waals surface area contributed by atoms with Gasteiger partial charge in [0.15, 0.2) is 16.6 Å². The minimum absolute atomic E-state index is 0.0387. The van der Waals surface area contributed by atoms with Crippen molar-refractivity contribution in [3.8, 4) is 11.5 Å². The Kier molecular flexibility index (Phi) is 6.20. The molecule has 4 rings (SSSR count). The summed E-state index contributed by atoms with van der Waals surface area (Å²) in [7, 11) is 0. The number of aryl methyl sites for hydroxylation is 1. The Morgan fingerprint density at radius 1 is 1.07 bits per heavy atom. The van der Waals surface area contributed by atoms with E-state index in [1.54, 1.807) is 11.3 Å². The molecule has 1 aromatic heterocycles. The number of rotatable bonds is 8. The number of thiazole rings is 1. The van der Waals surface area contributed by atoms with Gasteiger partial charge < -0.3 is 14.4 Å². The highest BCUT2D eigenvalue weighted by molar-refractivity contribution is 7.22. The molecule has 0 unspecified atom stereocenters. The number of anilines is 1. The average Bonchev–Trinajstić information content (AvgIpc) is 3.37. The van der Waals surface area contributed by atoms with Crippen molar-refractivity contribution in [1.29, 1.82) is 0 Å². The van der Waals surface area contributed by atoms with Gasteiger partial charge in [-0.15, -0.1) is 0 Å². The largest absolute Gasteiger partial charge is 0.454 e. The van der Waals surface area contributed by atoms with Crippen molar-refractivity contribution in [2.24, 2.45) is 0 Å². The highest BCUT2D eigenvalue weighted by atomic mass is 32.1. The molecule has 0 radical (unpaired) electrons. The first kappa shape index (κ1) is 20.6. The van der Waals surface area contributed by atoms with Gasteiger partial charge in [0.05, 0.1) is 16.6 Å². The highest BCUT2D eigenvalue weighted by Crippen LogP contribution is 2.33. The predicted molar refractivity (Wildman–Crippen MR) is 121 cm³/mol. The van der Waals surface area contributed by atoms with E-state index in [1.165, 1.54) is 5.56 Å². The number of ether oxygens (including phenoxy) is 2. The van der Waals surface area contributed by atoms with Gasteiger partial charge in [-0.3, -0.25) is 9.69 Å². The fourth-order valence-corrected chi connectivity index (χ4v) is 4.67. The number of fused-ring (bicyclic) bond motifs is 2. The van der Waals surface area contributed by atoms with E-state index in [9.17, 15) is 4.79 Å². The van der Waals surface area contributed by atoms with Crippen LogP contribution in [-0.2, 0) is 11.2 Å². The fraction of sp³-hybridized carbons (Fsp3) is 0.391. The van der Waals surface area contributed by atoms with Crippen molar-refractivity contribution in [1.82, 2.24) is 9.88 Å². The Labute approximate surface area is 181 Å². The van der Waals surface area contributed by atoms with E-state index in [0.29, 0.717) is 18.7 Å². The molecule has 0 saturated carbocycles. The minimum Gasteiger partial charge on any atom is -0.454 e. The van der Waals surface area contributed by atoms with Gasteiger partial charge in [0.2, 0.25) is 12.7 Å². The van der Waals surface area contributed by atoms with E-state index in [0.717, 1.165) is 46.3 Å². The number of amides is 1. The van der Waals surface area contributed by atoms with E-state index >= 15 is 0 Å². The van der Waals surface area contributed by atoms with E-state index in [1.807, 2.05) is 29.2 Å². The summed E-state index contributed by atoms with van der Waals surface area (Å²) < 4.78 is 11.9. The van der Waals surface area contributed by atoms with E-state index in [-0.39, 0.29) is 12.7 Å². The summed E-state index contributed by atoms with van der Waals surface area (Å²) >= 11 is 1.58. The third-order valence-corrected chi connectivity index (χ3v) is 6.43. The first-order chi connectivity index (χ1) is 14.6. The Morgan fingerprint density at radius 2 is 1.87 bits per heavy atom. The van der Waals surface area contributed by atoms with Gasteiger partial charge >= 0.3 is 0 Å². The predicted octanol–water partition coefficient (Wildman–Crippen LogP) is 4.25. The summed E-state index contributed by atoms with van der Waals surface area (Å²) in [4.78, 5) is 22.3. The van der Waals surface area contributed by atoms with Crippen molar-refractivity contribution >= 4 is 32.6 Å². The molecule has 0 atom stereocenters. The molecular formula is C23H27N3O3S. The van der Waals surface area contributed by atoms with Crippen LogP contribution in [-0.4, -0.2) is 48.8 Å². The lowest BCUT2D eigenvalue weighted by atomic mass is 10.1. The van der Waals surface area contributed by atoms with Crippen LogP contribution in [0.5, 0.6) is 11.5 Å². The van der Waals surface area contributed by atoms with Crippen LogP contribution in [0.1, 0.15) is 25.0 Å². The Morgan fingerprint density at radius 3 is 2.67 bits per heavy atom. The summed E-state index contributed by atoms with van der Waals surface area (Å²) in [6.45, 7) is 9.93. The van der Waals surface area contributed by atoms with Crippen molar-refractivity contribution in [3.63, 3.8) is 0 Å². The van der Waals surface area contributed by atoms with E-state index in [2.05, 4.69) is 37.8 Å². The molecule has 1 amide bonds. The zero-order chi connectivity index (χ0) is 21.1. The molecule has 0 N–H and O–H groups in total. The second-order valence-corrected chi connectivity index (χ2v) is 8.41. The third-order valence-electron chi connectivity index (χ3n) is 5.39. The zero-order valence-corrected chi connectivity index (χ0v) is 18.5. The van der Waals surface area contributed by atoms with Crippen molar-refractivity contribution < 1.29 is 14.3 Å². The van der Waals surface area contributed by atoms with E-state index < -0.39 is 0 Å². The summed E-state index contributed by atoms with van der Waals surface area (Å²) in [6.07, 6.45) is 0.295. The van der Waals surface area contributed by atoms with Crippen LogP contribution in [0.15, 0.2) is 36.4 Å². The molecule has 3 aromatic rings. The fourth-order valence-electron chi connectivity index (χ4n) is 3.56. The third kappa shape index (κ3) is 4.42. The van der Waals surface area contributed by atoms with Gasteiger partial charge in [0.1, 0.15) is 0 Å². The lowest BCUT2D eigenvalue weighted by molar-refractivity contribution is -0.118. The first-order valence-electron chi connectivity index (χ1n) is 10.4. The molecule has 2 aromatic carbocycles. The average molecular weight is 426 g/mol. The molecule has 7 heteroatoms. The lowest BCUT2D eigenvalue weighted by Crippen LogP contribution is -2.39. The maximum Gasteiger partial charge on any atom is 0.233 e. The standard InChI is InChI=1S/C23H27N3O3S/c1-4-25(5-2)10-11-26(23-24-18-8-6-16(3)12-21(18)30-23)22(27)14-17-7-9-19-20(13-17)29-15-28-19/h6-9,12-13H,4-5,10-11,14-15H2,1-3H3. The number of hydrogen-bond donors (Lipinski definition) is 0. The molecule has 0 saturated heterocycles. The maximum atomic E-state index is 13.3. The highest BCUT2D eigenvalue weighted by Gasteiger charge is 2.22. The maximum absolute atomic E-state index is 13.3. The van der Waals surface area contributed by atoms with Crippen LogP contribution in [0, 0.1) is 6.92 Å². The van der Waals surface area contributed by atoms with Crippen LogP contribution in [0.2, 0.25) is 0 Å². The SMILES string of the molecule is CCN(CC)CCN(C(=O)Cc1ccc2c(c1)OCO2)c1nc2ccc(C)cc2s1. The number of carbonyl (C=O) groups excluding carboxylic acids is 1. The molecule has 0 bridgehead atoms. The van der Waals surface area contributed by atoms with Gasteiger partial charge in [-0.05, 0) is 55.4 Å². The first-order valence-corrected chi connectivity index (χ1v) is 11.2. The molecular weight excluding hydrogens is 398 g/mol. The Bertz CT molecular complexity index is 1050. The number of nitrogens with zero attached hydrogens (tertiary/aromatic N) is 3. The quantitative estimate of drug-likeness (QED) is 0.540. The molecule has 6 nitrogen and oxygen atoms in total. The summed E-state index contributed by atoms with van der Waals surface area (Å²) in [5, 5.41) is 0.758.